The Balaban J connectivity index is 1.72. The van der Waals surface area contributed by atoms with E-state index in [-0.39, 0.29) is 17.5 Å². The Morgan fingerprint density at radius 1 is 1.40 bits per heavy atom. The van der Waals surface area contributed by atoms with Gasteiger partial charge in [-0.25, -0.2) is 9.89 Å². The van der Waals surface area contributed by atoms with Crippen LogP contribution >= 0.6 is 0 Å². The minimum absolute atomic E-state index is 0.0788. The fourth-order valence-corrected chi connectivity index (χ4v) is 3.49. The number of carbonyl (C=O) groups is 1. The van der Waals surface area contributed by atoms with E-state index < -0.39 is 0 Å². The van der Waals surface area contributed by atoms with E-state index in [0.29, 0.717) is 19.5 Å². The van der Waals surface area contributed by atoms with Crippen LogP contribution < -0.4 is 10.4 Å². The van der Waals surface area contributed by atoms with Gasteiger partial charge in [-0.1, -0.05) is 18.2 Å². The first-order valence-corrected chi connectivity index (χ1v) is 8.68. The minimum atomic E-state index is -0.185. The summed E-state index contributed by atoms with van der Waals surface area (Å²) < 4.78 is 6.99. The molecule has 0 spiro atoms. The smallest absolute Gasteiger partial charge is 0.343 e. The van der Waals surface area contributed by atoms with Crippen LogP contribution in [-0.4, -0.2) is 45.8 Å². The molecule has 1 saturated heterocycles. The number of H-pyrrole nitrogens is 1. The van der Waals surface area contributed by atoms with Crippen molar-refractivity contribution in [3.8, 4) is 5.75 Å². The average Bonchev–Trinajstić information content (AvgIpc) is 3.02. The second-order valence-corrected chi connectivity index (χ2v) is 6.30. The van der Waals surface area contributed by atoms with Gasteiger partial charge in [0.2, 0.25) is 5.91 Å². The number of hydrogen-bond acceptors (Lipinski definition) is 4. The van der Waals surface area contributed by atoms with Gasteiger partial charge in [-0.15, -0.1) is 0 Å². The molecule has 7 nitrogen and oxygen atoms in total. The molecule has 3 rings (SSSR count). The van der Waals surface area contributed by atoms with Crippen molar-refractivity contribution in [1.29, 1.82) is 0 Å². The van der Waals surface area contributed by atoms with Crippen molar-refractivity contribution in [3.63, 3.8) is 0 Å². The molecule has 0 aliphatic carbocycles. The van der Waals surface area contributed by atoms with Gasteiger partial charge in [0.1, 0.15) is 11.6 Å². The van der Waals surface area contributed by atoms with Crippen molar-refractivity contribution in [2.75, 3.05) is 20.2 Å². The molecular formula is C18H24N4O3. The molecule has 134 valence electrons. The van der Waals surface area contributed by atoms with E-state index in [2.05, 4.69) is 10.2 Å². The van der Waals surface area contributed by atoms with Crippen molar-refractivity contribution < 1.29 is 9.53 Å². The molecule has 1 aromatic carbocycles. The van der Waals surface area contributed by atoms with Crippen molar-refractivity contribution in [2.24, 2.45) is 0 Å². The molecular weight excluding hydrogens is 320 g/mol. The van der Waals surface area contributed by atoms with Crippen LogP contribution in [0, 0.1) is 0 Å². The molecule has 1 aliphatic heterocycles. The SMILES string of the molecule is CCn1c([C@@H]2CCCN(C(=O)Cc3ccccc3OC)C2)n[nH]c1=O. The summed E-state index contributed by atoms with van der Waals surface area (Å²) in [6.45, 7) is 3.84. The number of nitrogens with one attached hydrogen (secondary N) is 1. The molecule has 1 atom stereocenters. The van der Waals surface area contributed by atoms with Gasteiger partial charge in [0.25, 0.3) is 0 Å². The Morgan fingerprint density at radius 2 is 2.20 bits per heavy atom. The molecule has 7 heteroatoms. The third kappa shape index (κ3) is 3.60. The highest BCUT2D eigenvalue weighted by Gasteiger charge is 2.28. The number of rotatable bonds is 5. The van der Waals surface area contributed by atoms with Gasteiger partial charge in [0, 0.05) is 31.1 Å². The average molecular weight is 344 g/mol. The number of ether oxygens (including phenoxy) is 1. The lowest BCUT2D eigenvalue weighted by molar-refractivity contribution is -0.131. The number of nitrogens with zero attached hydrogens (tertiary/aromatic N) is 3. The molecule has 25 heavy (non-hydrogen) atoms. The van der Waals surface area contributed by atoms with Crippen LogP contribution in [0.2, 0.25) is 0 Å². The Labute approximate surface area is 146 Å². The fraction of sp³-hybridized carbons (Fsp3) is 0.500. The first kappa shape index (κ1) is 17.3. The summed E-state index contributed by atoms with van der Waals surface area (Å²) in [5, 5.41) is 6.70. The zero-order valence-electron chi connectivity index (χ0n) is 14.7. The van der Waals surface area contributed by atoms with Crippen molar-refractivity contribution in [3.05, 3.63) is 46.1 Å². The number of piperidine rings is 1. The van der Waals surface area contributed by atoms with E-state index in [9.17, 15) is 9.59 Å². The van der Waals surface area contributed by atoms with Gasteiger partial charge in [0.05, 0.1) is 13.5 Å². The second-order valence-electron chi connectivity index (χ2n) is 6.30. The quantitative estimate of drug-likeness (QED) is 0.892. The summed E-state index contributed by atoms with van der Waals surface area (Å²) in [5.41, 5.74) is 0.706. The highest BCUT2D eigenvalue weighted by atomic mass is 16.5. The fourth-order valence-electron chi connectivity index (χ4n) is 3.49. The minimum Gasteiger partial charge on any atom is -0.496 e. The van der Waals surface area contributed by atoms with Crippen LogP contribution in [0.1, 0.15) is 37.1 Å². The summed E-state index contributed by atoms with van der Waals surface area (Å²) in [6.07, 6.45) is 2.16. The molecule has 1 amide bonds. The van der Waals surface area contributed by atoms with Crippen LogP contribution in [0.4, 0.5) is 0 Å². The maximum atomic E-state index is 12.7. The molecule has 2 heterocycles. The van der Waals surface area contributed by atoms with Crippen molar-refractivity contribution in [2.45, 2.75) is 38.6 Å². The summed E-state index contributed by atoms with van der Waals surface area (Å²) in [4.78, 5) is 26.4. The number of amides is 1. The number of likely N-dealkylation sites (tertiary alicyclic amines) is 1. The van der Waals surface area contributed by atoms with Gasteiger partial charge in [0.15, 0.2) is 0 Å². The maximum Gasteiger partial charge on any atom is 0.343 e. The van der Waals surface area contributed by atoms with Gasteiger partial charge in [-0.05, 0) is 25.8 Å². The van der Waals surface area contributed by atoms with E-state index in [4.69, 9.17) is 4.74 Å². The van der Waals surface area contributed by atoms with Gasteiger partial charge >= 0.3 is 5.69 Å². The van der Waals surface area contributed by atoms with Gasteiger partial charge in [-0.2, -0.15) is 5.10 Å². The number of benzene rings is 1. The van der Waals surface area contributed by atoms with Gasteiger partial charge < -0.3 is 9.64 Å². The van der Waals surface area contributed by atoms with Crippen LogP contribution in [0.15, 0.2) is 29.1 Å². The number of carbonyl (C=O) groups excluding carboxylic acids is 1. The maximum absolute atomic E-state index is 12.7. The van der Waals surface area contributed by atoms with Gasteiger partial charge in [-0.3, -0.25) is 9.36 Å². The Morgan fingerprint density at radius 3 is 2.96 bits per heavy atom. The summed E-state index contributed by atoms with van der Waals surface area (Å²) in [6, 6.07) is 7.59. The summed E-state index contributed by atoms with van der Waals surface area (Å²) in [5.74, 6) is 1.66. The second kappa shape index (κ2) is 7.55. The molecule has 1 fully saturated rings. The normalized spacial score (nSPS) is 17.5. The molecule has 0 unspecified atom stereocenters. The number of hydrogen-bond donors (Lipinski definition) is 1. The lowest BCUT2D eigenvalue weighted by Gasteiger charge is -2.32. The van der Waals surface area contributed by atoms with Crippen LogP contribution in [-0.2, 0) is 17.8 Å². The highest BCUT2D eigenvalue weighted by molar-refractivity contribution is 5.79. The Bertz CT molecular complexity index is 796. The predicted octanol–water partition coefficient (Wildman–Crippen LogP) is 1.55. The number of methoxy groups -OCH3 is 1. The standard InChI is InChI=1S/C18H24N4O3/c1-3-22-17(19-20-18(22)24)14-8-6-10-21(12-14)16(23)11-13-7-4-5-9-15(13)25-2/h4-5,7,9,14H,3,6,8,10-12H2,1-2H3,(H,20,24)/t14-/m1/s1. The van der Waals surface area contributed by atoms with E-state index in [1.807, 2.05) is 36.1 Å². The van der Waals surface area contributed by atoms with E-state index in [0.717, 1.165) is 36.5 Å². The molecule has 0 radical (unpaired) electrons. The third-order valence-corrected chi connectivity index (χ3v) is 4.78. The number of aromatic amines is 1. The largest absolute Gasteiger partial charge is 0.496 e. The first-order chi connectivity index (χ1) is 12.1. The number of para-hydroxylation sites is 1. The monoisotopic (exact) mass is 344 g/mol. The van der Waals surface area contributed by atoms with Crippen LogP contribution in [0.3, 0.4) is 0 Å². The summed E-state index contributed by atoms with van der Waals surface area (Å²) in [7, 11) is 1.61. The van der Waals surface area contributed by atoms with E-state index in [1.165, 1.54) is 0 Å². The predicted molar refractivity (Wildman–Crippen MR) is 93.8 cm³/mol. The van der Waals surface area contributed by atoms with Crippen molar-refractivity contribution in [1.82, 2.24) is 19.7 Å². The van der Waals surface area contributed by atoms with E-state index >= 15 is 0 Å². The highest BCUT2D eigenvalue weighted by Crippen LogP contribution is 2.26. The Kier molecular flexibility index (Phi) is 5.21. The molecule has 1 aliphatic rings. The molecule has 1 aromatic heterocycles. The molecule has 0 saturated carbocycles. The topological polar surface area (TPSA) is 80.2 Å². The zero-order valence-corrected chi connectivity index (χ0v) is 14.7. The van der Waals surface area contributed by atoms with Crippen LogP contribution in [0.5, 0.6) is 5.75 Å². The molecule has 0 bridgehead atoms. The van der Waals surface area contributed by atoms with Crippen LogP contribution in [0.25, 0.3) is 0 Å². The molecule has 2 aromatic rings. The molecule has 1 N–H and O–H groups in total. The number of aromatic nitrogens is 3. The lowest BCUT2D eigenvalue weighted by atomic mass is 9.96. The third-order valence-electron chi connectivity index (χ3n) is 4.78. The van der Waals surface area contributed by atoms with Crippen molar-refractivity contribution >= 4 is 5.91 Å². The lowest BCUT2D eigenvalue weighted by Crippen LogP contribution is -2.40. The first-order valence-electron chi connectivity index (χ1n) is 8.68. The summed E-state index contributed by atoms with van der Waals surface area (Å²) >= 11 is 0. The Hall–Kier alpha value is -2.57. The van der Waals surface area contributed by atoms with E-state index in [1.54, 1.807) is 11.7 Å². The zero-order chi connectivity index (χ0) is 17.8.